The molecule has 2 fully saturated rings. The van der Waals surface area contributed by atoms with E-state index in [9.17, 15) is 4.57 Å². The van der Waals surface area contributed by atoms with Crippen LogP contribution in [0.5, 0.6) is 5.75 Å². The molecule has 0 radical (unpaired) electrons. The highest BCUT2D eigenvalue weighted by Gasteiger charge is 2.32. The lowest BCUT2D eigenvalue weighted by Crippen LogP contribution is -2.48. The first-order chi connectivity index (χ1) is 15.7. The average molecular weight is 465 g/mol. The number of hydrazine groups is 2. The second-order valence-electron chi connectivity index (χ2n) is 9.42. The Morgan fingerprint density at radius 2 is 1.31 bits per heavy atom. The quantitative estimate of drug-likeness (QED) is 0.244. The van der Waals surface area contributed by atoms with Crippen LogP contribution >= 0.6 is 7.67 Å². The summed E-state index contributed by atoms with van der Waals surface area (Å²) in [5, 5.41) is 10.7. The van der Waals surface area contributed by atoms with E-state index < -0.39 is 7.67 Å². The number of benzene rings is 1. The summed E-state index contributed by atoms with van der Waals surface area (Å²) < 4.78 is 20.3. The zero-order chi connectivity index (χ0) is 22.5. The maximum absolute atomic E-state index is 14.0. The van der Waals surface area contributed by atoms with Crippen LogP contribution in [-0.2, 0) is 11.0 Å². The van der Waals surface area contributed by atoms with Gasteiger partial charge in [0.25, 0.3) is 0 Å². The van der Waals surface area contributed by atoms with E-state index in [1.807, 2.05) is 12.1 Å². The van der Waals surface area contributed by atoms with Crippen molar-refractivity contribution in [3.63, 3.8) is 0 Å². The van der Waals surface area contributed by atoms with Crippen LogP contribution in [0, 0.1) is 0 Å². The summed E-state index contributed by atoms with van der Waals surface area (Å²) in [6, 6.07) is 8.14. The third-order valence-electron chi connectivity index (χ3n) is 6.51. The number of aryl methyl sites for hydroxylation is 1. The van der Waals surface area contributed by atoms with E-state index in [0.29, 0.717) is 0 Å². The minimum absolute atomic E-state index is 0.746. The molecule has 0 saturated carbocycles. The molecular formula is C25H45N4O2P. The van der Waals surface area contributed by atoms with Gasteiger partial charge in [-0.05, 0) is 50.2 Å². The number of hydrogen-bond acceptors (Lipinski definition) is 4. The predicted molar refractivity (Wildman–Crippen MR) is 133 cm³/mol. The first-order valence-corrected chi connectivity index (χ1v) is 14.7. The summed E-state index contributed by atoms with van der Waals surface area (Å²) in [6.45, 7) is 5.91. The van der Waals surface area contributed by atoms with Crippen LogP contribution in [0.3, 0.4) is 0 Å². The van der Waals surface area contributed by atoms with Crippen LogP contribution in [0.1, 0.15) is 96.0 Å². The number of piperidine rings is 2. The SMILES string of the molecule is CCCCCCCCCc1ccccc1OP(=O)(NN1CCCCC1)NN1CCCCC1. The van der Waals surface area contributed by atoms with Crippen molar-refractivity contribution < 1.29 is 9.09 Å². The second kappa shape index (κ2) is 14.4. The van der Waals surface area contributed by atoms with E-state index in [2.05, 4.69) is 39.5 Å². The third kappa shape index (κ3) is 9.15. The lowest BCUT2D eigenvalue weighted by molar-refractivity contribution is 0.160. The highest BCUT2D eigenvalue weighted by Crippen LogP contribution is 2.42. The molecule has 6 nitrogen and oxygen atoms in total. The molecule has 0 unspecified atom stereocenters. The summed E-state index contributed by atoms with van der Waals surface area (Å²) in [7, 11) is -3.31. The van der Waals surface area contributed by atoms with Crippen molar-refractivity contribution in [2.24, 2.45) is 0 Å². The molecule has 2 aliphatic heterocycles. The monoisotopic (exact) mass is 464 g/mol. The van der Waals surface area contributed by atoms with Crippen LogP contribution in [-0.4, -0.2) is 36.2 Å². The normalized spacial score (nSPS) is 18.7. The van der Waals surface area contributed by atoms with Crippen LogP contribution in [0.25, 0.3) is 0 Å². The molecule has 7 heteroatoms. The van der Waals surface area contributed by atoms with Crippen LogP contribution in [0.4, 0.5) is 0 Å². The summed E-state index contributed by atoms with van der Waals surface area (Å²) in [5.74, 6) is 0.746. The van der Waals surface area contributed by atoms with Gasteiger partial charge in [0, 0.05) is 26.2 Å². The number of unbranched alkanes of at least 4 members (excludes halogenated alkanes) is 6. The molecule has 32 heavy (non-hydrogen) atoms. The lowest BCUT2D eigenvalue weighted by Gasteiger charge is -2.35. The molecule has 0 bridgehead atoms. The van der Waals surface area contributed by atoms with Gasteiger partial charge in [0.1, 0.15) is 5.75 Å². The summed E-state index contributed by atoms with van der Waals surface area (Å²) in [5.41, 5.74) is 1.15. The van der Waals surface area contributed by atoms with Crippen molar-refractivity contribution in [2.75, 3.05) is 26.2 Å². The van der Waals surface area contributed by atoms with Crippen molar-refractivity contribution in [1.82, 2.24) is 20.4 Å². The van der Waals surface area contributed by atoms with E-state index in [4.69, 9.17) is 4.52 Å². The Morgan fingerprint density at radius 3 is 1.91 bits per heavy atom. The van der Waals surface area contributed by atoms with Crippen LogP contribution in [0.2, 0.25) is 0 Å². The van der Waals surface area contributed by atoms with Gasteiger partial charge in [-0.1, -0.05) is 76.5 Å². The molecule has 2 aliphatic rings. The van der Waals surface area contributed by atoms with E-state index in [1.165, 1.54) is 51.4 Å². The molecule has 182 valence electrons. The van der Waals surface area contributed by atoms with Gasteiger partial charge in [0.2, 0.25) is 0 Å². The van der Waals surface area contributed by atoms with Crippen molar-refractivity contribution in [3.05, 3.63) is 29.8 Å². The topological polar surface area (TPSA) is 56.8 Å². The smallest absolute Gasteiger partial charge is 0.417 e. The molecule has 0 aromatic heterocycles. The highest BCUT2D eigenvalue weighted by molar-refractivity contribution is 7.54. The van der Waals surface area contributed by atoms with Gasteiger partial charge in [-0.3, -0.25) is 0 Å². The number of nitrogens with one attached hydrogen (secondary N) is 2. The molecule has 2 saturated heterocycles. The van der Waals surface area contributed by atoms with Crippen molar-refractivity contribution in [1.29, 1.82) is 0 Å². The minimum atomic E-state index is -3.31. The molecule has 2 N–H and O–H groups in total. The second-order valence-corrected chi connectivity index (χ2v) is 11.1. The van der Waals surface area contributed by atoms with E-state index in [1.54, 1.807) is 0 Å². The Kier molecular flexibility index (Phi) is 11.5. The Hall–Kier alpha value is -0.910. The molecule has 0 aliphatic carbocycles. The molecule has 1 aromatic carbocycles. The van der Waals surface area contributed by atoms with Gasteiger partial charge in [-0.25, -0.2) is 14.6 Å². The summed E-state index contributed by atoms with van der Waals surface area (Å²) >= 11 is 0. The number of hydrogen-bond donors (Lipinski definition) is 2. The minimum Gasteiger partial charge on any atom is -0.420 e. The maximum Gasteiger partial charge on any atom is 0.417 e. The molecule has 0 atom stereocenters. The fourth-order valence-corrected chi connectivity index (χ4v) is 6.36. The number of para-hydroxylation sites is 1. The third-order valence-corrected chi connectivity index (χ3v) is 8.05. The summed E-state index contributed by atoms with van der Waals surface area (Å²) in [4.78, 5) is 0. The van der Waals surface area contributed by atoms with Gasteiger partial charge in [-0.2, -0.15) is 10.4 Å². The first-order valence-electron chi connectivity index (χ1n) is 13.1. The van der Waals surface area contributed by atoms with Gasteiger partial charge in [0.05, 0.1) is 0 Å². The Morgan fingerprint density at radius 1 is 0.781 bits per heavy atom. The zero-order valence-electron chi connectivity index (χ0n) is 20.2. The van der Waals surface area contributed by atoms with Crippen molar-refractivity contribution in [2.45, 2.75) is 96.8 Å². The van der Waals surface area contributed by atoms with Crippen molar-refractivity contribution >= 4 is 7.67 Å². The van der Waals surface area contributed by atoms with Gasteiger partial charge in [-0.15, -0.1) is 0 Å². The van der Waals surface area contributed by atoms with E-state index in [0.717, 1.165) is 76.0 Å². The highest BCUT2D eigenvalue weighted by atomic mass is 31.2. The molecule has 1 aromatic rings. The molecule has 3 rings (SSSR count). The summed E-state index contributed by atoms with van der Waals surface area (Å²) in [6.07, 6.45) is 17.0. The van der Waals surface area contributed by atoms with E-state index in [-0.39, 0.29) is 0 Å². The lowest BCUT2D eigenvalue weighted by atomic mass is 10.0. The van der Waals surface area contributed by atoms with Crippen LogP contribution < -0.4 is 14.9 Å². The molecule has 0 spiro atoms. The molecule has 0 amide bonds. The number of rotatable bonds is 14. The van der Waals surface area contributed by atoms with Gasteiger partial charge < -0.3 is 4.52 Å². The van der Waals surface area contributed by atoms with Gasteiger partial charge in [0.15, 0.2) is 0 Å². The van der Waals surface area contributed by atoms with Crippen molar-refractivity contribution in [3.8, 4) is 5.75 Å². The maximum atomic E-state index is 14.0. The Labute approximate surface area is 196 Å². The first kappa shape index (κ1) is 25.7. The molecule has 2 heterocycles. The molecular weight excluding hydrogens is 419 g/mol. The van der Waals surface area contributed by atoms with Gasteiger partial charge >= 0.3 is 7.67 Å². The Bertz CT molecular complexity index is 666. The predicted octanol–water partition coefficient (Wildman–Crippen LogP) is 6.45. The van der Waals surface area contributed by atoms with E-state index >= 15 is 0 Å². The number of nitrogens with zero attached hydrogens (tertiary/aromatic N) is 2. The Balaban J connectivity index is 1.60. The largest absolute Gasteiger partial charge is 0.420 e. The fraction of sp³-hybridized carbons (Fsp3) is 0.760. The standard InChI is InChI=1S/C25H45N4O2P/c1-2-3-4-5-6-7-10-17-24-18-11-12-19-25(24)31-32(30,26-28-20-13-8-14-21-28)27-29-22-15-9-16-23-29/h11-12,18-19H,2-10,13-17,20-23H2,1H3,(H2,26,27,30). The zero-order valence-corrected chi connectivity index (χ0v) is 21.1. The van der Waals surface area contributed by atoms with Crippen LogP contribution in [0.15, 0.2) is 24.3 Å². The average Bonchev–Trinajstić information content (AvgIpc) is 2.80. The fourth-order valence-electron chi connectivity index (χ4n) is 4.63.